The molecule has 0 amide bonds. The Morgan fingerprint density at radius 1 is 0.262 bits per heavy atom. The number of benzene rings is 8. The van der Waals surface area contributed by atoms with Crippen LogP contribution >= 0.6 is 0 Å². The Morgan fingerprint density at radius 3 is 1.11 bits per heavy atom. The molecule has 0 bridgehead atoms. The van der Waals surface area contributed by atoms with Crippen molar-refractivity contribution in [3.8, 4) is 90.2 Å². The normalized spacial score (nSPS) is 11.3. The van der Waals surface area contributed by atoms with E-state index in [0.717, 1.165) is 83.8 Å². The van der Waals surface area contributed by atoms with E-state index < -0.39 is 0 Å². The van der Waals surface area contributed by atoms with E-state index in [0.29, 0.717) is 11.6 Å². The molecule has 8 aromatic carbocycles. The molecule has 0 unspecified atom stereocenters. The highest BCUT2D eigenvalue weighted by molar-refractivity contribution is 6.06. The summed E-state index contributed by atoms with van der Waals surface area (Å²) in [5.74, 6) is 2.22. The van der Waals surface area contributed by atoms with E-state index in [-0.39, 0.29) is 0 Å². The van der Waals surface area contributed by atoms with E-state index in [1.54, 1.807) is 0 Å². The van der Waals surface area contributed by atoms with Gasteiger partial charge in [0.05, 0.1) is 17.1 Å². The minimum atomic E-state index is 0.693. The lowest BCUT2D eigenvalue weighted by Gasteiger charge is -2.13. The van der Waals surface area contributed by atoms with Gasteiger partial charge in [-0.1, -0.05) is 218 Å². The summed E-state index contributed by atoms with van der Waals surface area (Å²) in [5, 5.41) is 2.23. The van der Waals surface area contributed by atoms with Gasteiger partial charge in [-0.25, -0.2) is 19.9 Å². The highest BCUT2D eigenvalue weighted by atomic mass is 15.1. The summed E-state index contributed by atoms with van der Waals surface area (Å²) in [5.41, 5.74) is 14.4. The Morgan fingerprint density at radius 2 is 0.623 bits per heavy atom. The zero-order valence-corrected chi connectivity index (χ0v) is 33.1. The lowest BCUT2D eigenvalue weighted by atomic mass is 10.00. The molecule has 0 aliphatic heterocycles. The molecule has 61 heavy (non-hydrogen) atoms. The molecule has 11 rings (SSSR count). The summed E-state index contributed by atoms with van der Waals surface area (Å²) in [4.78, 5) is 20.6. The highest BCUT2D eigenvalue weighted by Crippen LogP contribution is 2.38. The number of aromatic nitrogens is 5. The van der Waals surface area contributed by atoms with Crippen LogP contribution in [0.5, 0.6) is 0 Å². The molecular formula is C56H37N5. The fourth-order valence-electron chi connectivity index (χ4n) is 8.18. The van der Waals surface area contributed by atoms with E-state index in [4.69, 9.17) is 19.9 Å². The second-order valence-corrected chi connectivity index (χ2v) is 15.1. The van der Waals surface area contributed by atoms with Gasteiger partial charge in [-0.15, -0.1) is 0 Å². The Balaban J connectivity index is 0.967. The van der Waals surface area contributed by atoms with Crippen molar-refractivity contribution >= 4 is 16.4 Å². The monoisotopic (exact) mass is 779 g/mol. The van der Waals surface area contributed by atoms with Crippen LogP contribution in [0.4, 0.5) is 0 Å². The van der Waals surface area contributed by atoms with Gasteiger partial charge in [0.1, 0.15) is 11.5 Å². The van der Waals surface area contributed by atoms with Crippen LogP contribution in [0.1, 0.15) is 0 Å². The van der Waals surface area contributed by atoms with Crippen LogP contribution in [0.15, 0.2) is 224 Å². The van der Waals surface area contributed by atoms with Crippen molar-refractivity contribution in [1.29, 1.82) is 0 Å². The number of hydrogen-bond acceptors (Lipinski definition) is 4. The molecule has 3 heterocycles. The van der Waals surface area contributed by atoms with E-state index in [1.807, 2.05) is 42.5 Å². The smallest absolute Gasteiger partial charge is 0.163 e. The Labute approximate surface area is 354 Å². The van der Waals surface area contributed by atoms with Crippen molar-refractivity contribution in [2.75, 3.05) is 0 Å². The second kappa shape index (κ2) is 15.5. The lowest BCUT2D eigenvalue weighted by molar-refractivity contribution is 1.05. The van der Waals surface area contributed by atoms with E-state index >= 15 is 0 Å². The molecule has 286 valence electrons. The van der Waals surface area contributed by atoms with Crippen LogP contribution in [0.2, 0.25) is 0 Å². The summed E-state index contributed by atoms with van der Waals surface area (Å²) in [6, 6.07) is 78.0. The molecule has 0 atom stereocenters. The topological polar surface area (TPSA) is 56.0 Å². The largest absolute Gasteiger partial charge is 0.277 e. The standard InChI is InChI=1S/C56H37N5/c1-5-15-38(16-6-1)39-25-31-42(32-26-39)50-37-51(58-53(57-50)45-19-9-3-10-20-45)43-33-27-40(28-34-43)41-29-35-47(36-30-41)55-59-54(46-21-11-4-12-22-46)60-56-49-24-14-13-23-48(49)52(61(55)56)44-17-7-2-8-18-44/h1-37H. The van der Waals surface area contributed by atoms with Gasteiger partial charge in [-0.05, 0) is 33.9 Å². The van der Waals surface area contributed by atoms with Gasteiger partial charge in [0.15, 0.2) is 11.6 Å². The van der Waals surface area contributed by atoms with Crippen LogP contribution in [-0.2, 0) is 0 Å². The van der Waals surface area contributed by atoms with E-state index in [1.165, 1.54) is 11.1 Å². The minimum Gasteiger partial charge on any atom is -0.277 e. The van der Waals surface area contributed by atoms with Gasteiger partial charge in [-0.3, -0.25) is 4.40 Å². The summed E-state index contributed by atoms with van der Waals surface area (Å²) in [6.45, 7) is 0. The van der Waals surface area contributed by atoms with Gasteiger partial charge < -0.3 is 0 Å². The number of fused-ring (bicyclic) bond motifs is 3. The van der Waals surface area contributed by atoms with Crippen molar-refractivity contribution in [1.82, 2.24) is 24.3 Å². The average Bonchev–Trinajstić information content (AvgIpc) is 3.69. The quantitative estimate of drug-likeness (QED) is 0.154. The molecule has 3 aromatic heterocycles. The third-order valence-corrected chi connectivity index (χ3v) is 11.3. The molecule has 0 radical (unpaired) electrons. The first-order valence-corrected chi connectivity index (χ1v) is 20.5. The maximum atomic E-state index is 5.29. The van der Waals surface area contributed by atoms with Gasteiger partial charge in [0.25, 0.3) is 0 Å². The van der Waals surface area contributed by atoms with E-state index in [2.05, 4.69) is 186 Å². The fraction of sp³-hybridized carbons (Fsp3) is 0. The van der Waals surface area contributed by atoms with Crippen LogP contribution in [-0.4, -0.2) is 24.3 Å². The first kappa shape index (κ1) is 35.8. The molecule has 0 spiro atoms. The third-order valence-electron chi connectivity index (χ3n) is 11.3. The Kier molecular flexibility index (Phi) is 9.10. The van der Waals surface area contributed by atoms with Crippen LogP contribution in [0.25, 0.3) is 107 Å². The van der Waals surface area contributed by atoms with Crippen molar-refractivity contribution in [2.45, 2.75) is 0 Å². The van der Waals surface area contributed by atoms with Crippen molar-refractivity contribution in [3.05, 3.63) is 224 Å². The number of nitrogens with zero attached hydrogens (tertiary/aromatic N) is 5. The van der Waals surface area contributed by atoms with Crippen molar-refractivity contribution in [3.63, 3.8) is 0 Å². The molecule has 5 heteroatoms. The summed E-state index contributed by atoms with van der Waals surface area (Å²) in [6.07, 6.45) is 0. The average molecular weight is 780 g/mol. The minimum absolute atomic E-state index is 0.693. The summed E-state index contributed by atoms with van der Waals surface area (Å²) >= 11 is 0. The SMILES string of the molecule is c1ccc(-c2ccc(-c3cc(-c4ccc(-c5ccc(-c6nc(-c7ccccc7)nc7c8ccccc8c(-c8ccccc8)n67)cc5)cc4)nc(-c4ccccc4)n3)cc2)cc1. The van der Waals surface area contributed by atoms with Gasteiger partial charge >= 0.3 is 0 Å². The van der Waals surface area contributed by atoms with Crippen LogP contribution < -0.4 is 0 Å². The van der Waals surface area contributed by atoms with Gasteiger partial charge in [0.2, 0.25) is 0 Å². The molecule has 0 N–H and O–H groups in total. The molecular weight excluding hydrogens is 743 g/mol. The van der Waals surface area contributed by atoms with E-state index in [9.17, 15) is 0 Å². The highest BCUT2D eigenvalue weighted by Gasteiger charge is 2.21. The first-order chi connectivity index (χ1) is 30.2. The zero-order chi connectivity index (χ0) is 40.5. The van der Waals surface area contributed by atoms with Gasteiger partial charge in [0, 0.05) is 38.6 Å². The maximum absolute atomic E-state index is 5.29. The second-order valence-electron chi connectivity index (χ2n) is 15.1. The van der Waals surface area contributed by atoms with Crippen LogP contribution in [0, 0.1) is 0 Å². The zero-order valence-electron chi connectivity index (χ0n) is 33.1. The lowest BCUT2D eigenvalue weighted by Crippen LogP contribution is -2.03. The predicted octanol–water partition coefficient (Wildman–Crippen LogP) is 14.0. The molecule has 11 aromatic rings. The fourth-order valence-corrected chi connectivity index (χ4v) is 8.18. The molecule has 0 fully saturated rings. The molecule has 0 aliphatic carbocycles. The summed E-state index contributed by atoms with van der Waals surface area (Å²) in [7, 11) is 0. The summed E-state index contributed by atoms with van der Waals surface area (Å²) < 4.78 is 2.23. The van der Waals surface area contributed by atoms with Crippen molar-refractivity contribution < 1.29 is 0 Å². The molecule has 0 saturated heterocycles. The molecule has 0 aliphatic rings. The molecule has 5 nitrogen and oxygen atoms in total. The van der Waals surface area contributed by atoms with Crippen LogP contribution in [0.3, 0.4) is 0 Å². The van der Waals surface area contributed by atoms with Gasteiger partial charge in [-0.2, -0.15) is 0 Å². The Hall–Kier alpha value is -8.28. The van der Waals surface area contributed by atoms with Crippen molar-refractivity contribution in [2.24, 2.45) is 0 Å². The maximum Gasteiger partial charge on any atom is 0.163 e. The Bertz CT molecular complexity index is 3290. The third kappa shape index (κ3) is 6.84. The first-order valence-electron chi connectivity index (χ1n) is 20.5. The molecule has 0 saturated carbocycles. The number of hydrogen-bond donors (Lipinski definition) is 0. The predicted molar refractivity (Wildman–Crippen MR) is 250 cm³/mol. The number of rotatable bonds is 8.